The molecule has 0 amide bonds. The van der Waals surface area contributed by atoms with Crippen molar-refractivity contribution in [1.29, 1.82) is 0 Å². The Bertz CT molecular complexity index is 868. The van der Waals surface area contributed by atoms with Gasteiger partial charge in [0.25, 0.3) is 0 Å². The van der Waals surface area contributed by atoms with Crippen LogP contribution in [0.5, 0.6) is 0 Å². The highest BCUT2D eigenvalue weighted by atomic mass is 16.3. The maximum absolute atomic E-state index is 10.6. The van der Waals surface area contributed by atoms with Gasteiger partial charge in [0.15, 0.2) is 5.65 Å². The number of fused-ring (bicyclic) bond motifs is 1. The third kappa shape index (κ3) is 3.09. The molecular formula is C19H23N5O. The van der Waals surface area contributed by atoms with Crippen LogP contribution in [0.1, 0.15) is 36.0 Å². The minimum atomic E-state index is -0.491. The summed E-state index contributed by atoms with van der Waals surface area (Å²) in [4.78, 5) is 11.2. The van der Waals surface area contributed by atoms with E-state index in [0.29, 0.717) is 0 Å². The maximum atomic E-state index is 10.6. The minimum Gasteiger partial charge on any atom is -0.387 e. The standard InChI is InChI=1S/C19H23N5O/c1-13-12-18(24-17(21-13)11-14(2)22-24)23-9-6-15(7-10-23)19(25)16-5-3-4-8-20-16/h3-5,8,11-12,15,19,25H,6-7,9-10H2,1-2H3/t19-/m1/s1. The molecule has 4 rings (SSSR count). The zero-order chi connectivity index (χ0) is 17.4. The van der Waals surface area contributed by atoms with Crippen molar-refractivity contribution >= 4 is 11.5 Å². The molecular weight excluding hydrogens is 314 g/mol. The monoisotopic (exact) mass is 337 g/mol. The SMILES string of the molecule is Cc1cc(N2CCC([C@@H](O)c3ccccn3)CC2)n2nc(C)cc2n1. The Kier molecular flexibility index (Phi) is 4.13. The first-order valence-electron chi connectivity index (χ1n) is 8.80. The van der Waals surface area contributed by atoms with Gasteiger partial charge < -0.3 is 10.0 Å². The Morgan fingerprint density at radius 1 is 1.12 bits per heavy atom. The highest BCUT2D eigenvalue weighted by Gasteiger charge is 2.28. The fourth-order valence-electron chi connectivity index (χ4n) is 3.66. The Hall–Kier alpha value is -2.47. The second kappa shape index (κ2) is 6.44. The number of anilines is 1. The van der Waals surface area contributed by atoms with Gasteiger partial charge in [-0.15, -0.1) is 0 Å². The van der Waals surface area contributed by atoms with Crippen molar-refractivity contribution < 1.29 is 5.11 Å². The predicted molar refractivity (Wildman–Crippen MR) is 96.6 cm³/mol. The fourth-order valence-corrected chi connectivity index (χ4v) is 3.66. The highest BCUT2D eigenvalue weighted by Crippen LogP contribution is 2.31. The van der Waals surface area contributed by atoms with Crippen molar-refractivity contribution in [3.8, 4) is 0 Å². The lowest BCUT2D eigenvalue weighted by Gasteiger charge is -2.35. The van der Waals surface area contributed by atoms with Crippen molar-refractivity contribution in [2.45, 2.75) is 32.8 Å². The molecule has 1 atom stereocenters. The van der Waals surface area contributed by atoms with Crippen molar-refractivity contribution in [2.75, 3.05) is 18.0 Å². The quantitative estimate of drug-likeness (QED) is 0.796. The van der Waals surface area contributed by atoms with E-state index in [1.54, 1.807) is 6.20 Å². The molecule has 0 radical (unpaired) electrons. The molecule has 0 bridgehead atoms. The van der Waals surface area contributed by atoms with Gasteiger partial charge in [-0.1, -0.05) is 6.07 Å². The number of hydrogen-bond donors (Lipinski definition) is 1. The summed E-state index contributed by atoms with van der Waals surface area (Å²) >= 11 is 0. The first kappa shape index (κ1) is 16.0. The maximum Gasteiger partial charge on any atom is 0.157 e. The molecule has 0 spiro atoms. The average Bonchev–Trinajstić information content (AvgIpc) is 3.01. The van der Waals surface area contributed by atoms with Crippen LogP contribution in [-0.2, 0) is 0 Å². The Labute approximate surface area is 147 Å². The smallest absolute Gasteiger partial charge is 0.157 e. The van der Waals surface area contributed by atoms with Crippen molar-refractivity contribution in [3.63, 3.8) is 0 Å². The second-order valence-electron chi connectivity index (χ2n) is 6.84. The molecule has 130 valence electrons. The van der Waals surface area contributed by atoms with Gasteiger partial charge in [-0.25, -0.2) is 4.98 Å². The summed E-state index contributed by atoms with van der Waals surface area (Å²) < 4.78 is 1.93. The molecule has 1 saturated heterocycles. The third-order valence-corrected chi connectivity index (χ3v) is 4.96. The lowest BCUT2D eigenvalue weighted by atomic mass is 9.89. The molecule has 0 aromatic carbocycles. The molecule has 4 heterocycles. The zero-order valence-electron chi connectivity index (χ0n) is 14.6. The van der Waals surface area contributed by atoms with E-state index >= 15 is 0 Å². The molecule has 6 heteroatoms. The van der Waals surface area contributed by atoms with Crippen LogP contribution in [0.4, 0.5) is 5.82 Å². The lowest BCUT2D eigenvalue weighted by molar-refractivity contribution is 0.0890. The van der Waals surface area contributed by atoms with Gasteiger partial charge in [0.2, 0.25) is 0 Å². The number of aliphatic hydroxyl groups excluding tert-OH is 1. The van der Waals surface area contributed by atoms with E-state index in [0.717, 1.165) is 54.5 Å². The van der Waals surface area contributed by atoms with Crippen molar-refractivity contribution in [1.82, 2.24) is 19.6 Å². The van der Waals surface area contributed by atoms with Crippen molar-refractivity contribution in [3.05, 3.63) is 53.6 Å². The third-order valence-electron chi connectivity index (χ3n) is 4.96. The number of hydrogen-bond acceptors (Lipinski definition) is 5. The van der Waals surface area contributed by atoms with Crippen molar-refractivity contribution in [2.24, 2.45) is 5.92 Å². The highest BCUT2D eigenvalue weighted by molar-refractivity contribution is 5.52. The van der Waals surface area contributed by atoms with Crippen LogP contribution in [-0.4, -0.2) is 37.8 Å². The largest absolute Gasteiger partial charge is 0.387 e. The summed E-state index contributed by atoms with van der Waals surface area (Å²) in [5.41, 5.74) is 3.63. The van der Waals surface area contributed by atoms with Gasteiger partial charge in [0.05, 0.1) is 17.5 Å². The van der Waals surface area contributed by atoms with E-state index in [4.69, 9.17) is 0 Å². The number of piperidine rings is 1. The van der Waals surface area contributed by atoms with Crippen LogP contribution in [0.15, 0.2) is 36.5 Å². The number of aryl methyl sites for hydroxylation is 2. The first-order valence-corrected chi connectivity index (χ1v) is 8.80. The lowest BCUT2D eigenvalue weighted by Crippen LogP contribution is -2.37. The minimum absolute atomic E-state index is 0.240. The second-order valence-corrected chi connectivity index (χ2v) is 6.84. The molecule has 3 aromatic rings. The molecule has 0 aliphatic carbocycles. The van der Waals surface area contributed by atoms with Gasteiger partial charge in [0.1, 0.15) is 5.82 Å². The zero-order valence-corrected chi connectivity index (χ0v) is 14.6. The van der Waals surface area contributed by atoms with Gasteiger partial charge in [0, 0.05) is 37.1 Å². The topological polar surface area (TPSA) is 66.5 Å². The number of nitrogens with zero attached hydrogens (tertiary/aromatic N) is 5. The van der Waals surface area contributed by atoms with E-state index in [2.05, 4.69) is 26.0 Å². The van der Waals surface area contributed by atoms with Gasteiger partial charge in [-0.05, 0) is 44.7 Å². The molecule has 3 aromatic heterocycles. The normalized spacial score (nSPS) is 17.2. The summed E-state index contributed by atoms with van der Waals surface area (Å²) in [5.74, 6) is 1.32. The van der Waals surface area contributed by atoms with Gasteiger partial charge in [-0.3, -0.25) is 4.98 Å². The Morgan fingerprint density at radius 2 is 1.92 bits per heavy atom. The molecule has 0 saturated carbocycles. The van der Waals surface area contributed by atoms with Crippen LogP contribution < -0.4 is 4.90 Å². The van der Waals surface area contributed by atoms with Crippen LogP contribution in [0.2, 0.25) is 0 Å². The van der Waals surface area contributed by atoms with E-state index in [1.807, 2.05) is 42.6 Å². The number of rotatable bonds is 3. The Morgan fingerprint density at radius 3 is 2.64 bits per heavy atom. The van der Waals surface area contributed by atoms with E-state index in [9.17, 15) is 5.11 Å². The molecule has 25 heavy (non-hydrogen) atoms. The fraction of sp³-hybridized carbons (Fsp3) is 0.421. The summed E-state index contributed by atoms with van der Waals surface area (Å²) in [7, 11) is 0. The summed E-state index contributed by atoms with van der Waals surface area (Å²) in [6, 6.07) is 9.81. The average molecular weight is 337 g/mol. The number of aliphatic hydroxyl groups is 1. The number of aromatic nitrogens is 4. The van der Waals surface area contributed by atoms with Crippen LogP contribution >= 0.6 is 0 Å². The van der Waals surface area contributed by atoms with Crippen LogP contribution in [0.3, 0.4) is 0 Å². The first-order chi connectivity index (χ1) is 12.1. The van der Waals surface area contributed by atoms with E-state index in [1.165, 1.54) is 0 Å². The molecule has 1 fully saturated rings. The molecule has 0 unspecified atom stereocenters. The summed E-state index contributed by atoms with van der Waals surface area (Å²) in [6.07, 6.45) is 3.11. The van der Waals surface area contributed by atoms with E-state index < -0.39 is 6.10 Å². The Balaban J connectivity index is 1.53. The molecule has 1 N–H and O–H groups in total. The summed E-state index contributed by atoms with van der Waals surface area (Å²) in [6.45, 7) is 5.80. The number of pyridine rings is 1. The molecule has 6 nitrogen and oxygen atoms in total. The van der Waals surface area contributed by atoms with Gasteiger partial charge in [-0.2, -0.15) is 9.61 Å². The van der Waals surface area contributed by atoms with E-state index in [-0.39, 0.29) is 5.92 Å². The van der Waals surface area contributed by atoms with Crippen LogP contribution in [0.25, 0.3) is 5.65 Å². The van der Waals surface area contributed by atoms with Crippen LogP contribution in [0, 0.1) is 19.8 Å². The van der Waals surface area contributed by atoms with Gasteiger partial charge >= 0.3 is 0 Å². The predicted octanol–water partition coefficient (Wildman–Crippen LogP) is 2.69. The summed E-state index contributed by atoms with van der Waals surface area (Å²) in [5, 5.41) is 15.2. The molecule has 1 aliphatic rings. The molecule has 1 aliphatic heterocycles.